The number of nitrogens with two attached hydrogens (primary N) is 1. The van der Waals surface area contributed by atoms with Crippen LogP contribution in [0.3, 0.4) is 0 Å². The van der Waals surface area contributed by atoms with E-state index in [1.165, 1.54) is 23.5 Å². The summed E-state index contributed by atoms with van der Waals surface area (Å²) in [6.45, 7) is 0. The van der Waals surface area contributed by atoms with E-state index in [1.807, 2.05) is 12.1 Å². The van der Waals surface area contributed by atoms with Gasteiger partial charge in [0.15, 0.2) is 0 Å². The Hall–Kier alpha value is -2.74. The van der Waals surface area contributed by atoms with Crippen molar-refractivity contribution in [2.45, 2.75) is 25.3 Å². The summed E-state index contributed by atoms with van der Waals surface area (Å²) < 4.78 is 0. The van der Waals surface area contributed by atoms with E-state index in [-0.39, 0.29) is 11.0 Å². The van der Waals surface area contributed by atoms with Gasteiger partial charge in [-0.2, -0.15) is 0 Å². The zero-order chi connectivity index (χ0) is 16.7. The predicted octanol–water partition coefficient (Wildman–Crippen LogP) is 3.67. The van der Waals surface area contributed by atoms with E-state index in [4.69, 9.17) is 5.73 Å². The van der Waals surface area contributed by atoms with Gasteiger partial charge in [-0.25, -0.2) is 9.97 Å². The second-order valence-electron chi connectivity index (χ2n) is 5.83. The molecule has 0 spiro atoms. The van der Waals surface area contributed by atoms with Gasteiger partial charge in [0.25, 0.3) is 0 Å². The van der Waals surface area contributed by atoms with Crippen LogP contribution in [0.1, 0.15) is 30.0 Å². The van der Waals surface area contributed by atoms with Crippen LogP contribution in [-0.2, 0) is 6.42 Å². The van der Waals surface area contributed by atoms with E-state index >= 15 is 0 Å². The van der Waals surface area contributed by atoms with Crippen LogP contribution in [-0.4, -0.2) is 14.9 Å². The highest BCUT2D eigenvalue weighted by Crippen LogP contribution is 2.37. The molecule has 8 heteroatoms. The average Bonchev–Trinajstić information content (AvgIpc) is 3.00. The number of hydrogen-bond acceptors (Lipinski definition) is 7. The van der Waals surface area contributed by atoms with Crippen LogP contribution in [0.4, 0.5) is 16.5 Å². The molecular formula is C16H15N5O2S. The molecule has 0 radical (unpaired) electrons. The summed E-state index contributed by atoms with van der Waals surface area (Å²) >= 11 is 1.06. The van der Waals surface area contributed by atoms with Gasteiger partial charge in [0.05, 0.1) is 16.4 Å². The van der Waals surface area contributed by atoms with Crippen LogP contribution in [0.5, 0.6) is 0 Å². The van der Waals surface area contributed by atoms with Gasteiger partial charge in [0.1, 0.15) is 17.0 Å². The van der Waals surface area contributed by atoms with Crippen LogP contribution in [0.25, 0.3) is 10.2 Å². The number of benzene rings is 1. The number of aryl methyl sites for hydroxylation is 1. The summed E-state index contributed by atoms with van der Waals surface area (Å²) in [6.07, 6.45) is 4.50. The molecule has 0 bridgehead atoms. The fourth-order valence-electron chi connectivity index (χ4n) is 3.20. The molecule has 24 heavy (non-hydrogen) atoms. The molecule has 122 valence electrons. The van der Waals surface area contributed by atoms with E-state index in [0.29, 0.717) is 16.0 Å². The first-order valence-corrected chi connectivity index (χ1v) is 8.47. The second kappa shape index (κ2) is 5.72. The number of aromatic nitrogens is 2. The molecule has 1 aliphatic carbocycles. The van der Waals surface area contributed by atoms with Crippen molar-refractivity contribution in [3.63, 3.8) is 0 Å². The Morgan fingerprint density at radius 1 is 1.33 bits per heavy atom. The maximum Gasteiger partial charge on any atom is 0.326 e. The molecule has 0 aliphatic heterocycles. The highest BCUT2D eigenvalue weighted by molar-refractivity contribution is 7.21. The Morgan fingerprint density at radius 3 is 3.04 bits per heavy atom. The normalized spacial score (nSPS) is 16.8. The molecule has 7 nitrogen and oxygen atoms in total. The predicted molar refractivity (Wildman–Crippen MR) is 94.2 cm³/mol. The Kier molecular flexibility index (Phi) is 3.53. The van der Waals surface area contributed by atoms with E-state index < -0.39 is 4.92 Å². The monoisotopic (exact) mass is 341 g/mol. The molecular weight excluding hydrogens is 326 g/mol. The Bertz CT molecular complexity index is 939. The van der Waals surface area contributed by atoms with Crippen LogP contribution in [0.15, 0.2) is 30.6 Å². The number of nitrogens with one attached hydrogen (secondary N) is 1. The van der Waals surface area contributed by atoms with Gasteiger partial charge in [-0.3, -0.25) is 10.1 Å². The van der Waals surface area contributed by atoms with Crippen molar-refractivity contribution in [3.05, 3.63) is 51.8 Å². The number of anilines is 2. The number of nitrogens with zero attached hydrogens (tertiary/aromatic N) is 3. The Labute approximate surface area is 141 Å². The summed E-state index contributed by atoms with van der Waals surface area (Å²) in [6, 6.07) is 7.63. The largest absolute Gasteiger partial charge is 0.399 e. The minimum atomic E-state index is -0.394. The molecule has 0 saturated heterocycles. The zero-order valence-corrected chi connectivity index (χ0v) is 13.5. The molecule has 0 amide bonds. The third-order valence-electron chi connectivity index (χ3n) is 4.29. The van der Waals surface area contributed by atoms with Crippen molar-refractivity contribution in [3.8, 4) is 0 Å². The second-order valence-corrected chi connectivity index (χ2v) is 6.84. The first-order chi connectivity index (χ1) is 11.6. The molecule has 3 aromatic rings. The Morgan fingerprint density at radius 2 is 2.21 bits per heavy atom. The number of fused-ring (bicyclic) bond motifs is 2. The van der Waals surface area contributed by atoms with Gasteiger partial charge in [-0.05, 0) is 53.9 Å². The smallest absolute Gasteiger partial charge is 0.326 e. The van der Waals surface area contributed by atoms with Crippen LogP contribution >= 0.6 is 11.3 Å². The van der Waals surface area contributed by atoms with E-state index in [2.05, 4.69) is 21.4 Å². The molecule has 1 aliphatic rings. The Balaban J connectivity index is 1.72. The van der Waals surface area contributed by atoms with Crippen molar-refractivity contribution >= 4 is 38.1 Å². The van der Waals surface area contributed by atoms with E-state index in [9.17, 15) is 10.1 Å². The summed E-state index contributed by atoms with van der Waals surface area (Å²) in [5, 5.41) is 15.2. The van der Waals surface area contributed by atoms with Crippen molar-refractivity contribution in [1.29, 1.82) is 0 Å². The van der Waals surface area contributed by atoms with Gasteiger partial charge in [-0.15, -0.1) is 0 Å². The number of thiophene rings is 1. The summed E-state index contributed by atoms with van der Waals surface area (Å²) in [4.78, 5) is 19.7. The fraction of sp³-hybridized carbons (Fsp3) is 0.250. The van der Waals surface area contributed by atoms with E-state index in [1.54, 1.807) is 0 Å². The molecule has 1 unspecified atom stereocenters. The lowest BCUT2D eigenvalue weighted by atomic mass is 9.87. The van der Waals surface area contributed by atoms with Gasteiger partial charge < -0.3 is 11.1 Å². The zero-order valence-electron chi connectivity index (χ0n) is 12.7. The standard InChI is InChI=1S/C16H15N5O2S/c17-10-4-5-11-9(6-10)2-1-3-13(11)20-15-12-7-14(21(22)23)24-16(12)19-8-18-15/h4-8,13H,1-3,17H2,(H,18,19,20). The van der Waals surface area contributed by atoms with Gasteiger partial charge in [-0.1, -0.05) is 6.07 Å². The summed E-state index contributed by atoms with van der Waals surface area (Å²) in [7, 11) is 0. The average molecular weight is 341 g/mol. The van der Waals surface area contributed by atoms with Gasteiger partial charge in [0.2, 0.25) is 0 Å². The molecule has 2 aromatic heterocycles. The summed E-state index contributed by atoms with van der Waals surface area (Å²) in [5.41, 5.74) is 9.12. The molecule has 3 N–H and O–H groups in total. The van der Waals surface area contributed by atoms with Crippen molar-refractivity contribution < 1.29 is 4.92 Å². The third kappa shape index (κ3) is 2.54. The lowest BCUT2D eigenvalue weighted by Gasteiger charge is -2.27. The van der Waals surface area contributed by atoms with Crippen LogP contribution in [0.2, 0.25) is 0 Å². The highest BCUT2D eigenvalue weighted by Gasteiger charge is 2.22. The number of nitrogen functional groups attached to an aromatic ring is 1. The number of nitro groups is 1. The van der Waals surface area contributed by atoms with Crippen molar-refractivity contribution in [1.82, 2.24) is 9.97 Å². The summed E-state index contributed by atoms with van der Waals surface area (Å²) in [5.74, 6) is 0.638. The quantitative estimate of drug-likeness (QED) is 0.427. The van der Waals surface area contributed by atoms with Gasteiger partial charge in [0, 0.05) is 11.8 Å². The first kappa shape index (κ1) is 14.8. The fourth-order valence-corrected chi connectivity index (χ4v) is 4.01. The first-order valence-electron chi connectivity index (χ1n) is 7.65. The molecule has 4 rings (SSSR count). The van der Waals surface area contributed by atoms with E-state index in [0.717, 1.165) is 36.3 Å². The number of rotatable bonds is 3. The van der Waals surface area contributed by atoms with Crippen LogP contribution < -0.4 is 11.1 Å². The van der Waals surface area contributed by atoms with Gasteiger partial charge >= 0.3 is 5.00 Å². The third-order valence-corrected chi connectivity index (χ3v) is 5.28. The van der Waals surface area contributed by atoms with Crippen LogP contribution in [0, 0.1) is 10.1 Å². The maximum atomic E-state index is 11.0. The SMILES string of the molecule is Nc1ccc2c(c1)CCCC2Nc1ncnc2sc([N+](=O)[O-])cc12. The minimum Gasteiger partial charge on any atom is -0.399 e. The van der Waals surface area contributed by atoms with Crippen molar-refractivity contribution in [2.75, 3.05) is 11.1 Å². The minimum absolute atomic E-state index is 0.0744. The molecule has 1 aromatic carbocycles. The molecule has 0 saturated carbocycles. The molecule has 2 heterocycles. The maximum absolute atomic E-state index is 11.0. The highest BCUT2D eigenvalue weighted by atomic mass is 32.1. The lowest BCUT2D eigenvalue weighted by molar-refractivity contribution is -0.380. The van der Waals surface area contributed by atoms with Crippen molar-refractivity contribution in [2.24, 2.45) is 0 Å². The molecule has 0 fully saturated rings. The molecule has 1 atom stereocenters. The lowest BCUT2D eigenvalue weighted by Crippen LogP contribution is -2.18. The number of hydrogen-bond donors (Lipinski definition) is 2. The topological polar surface area (TPSA) is 107 Å².